The third-order valence-corrected chi connectivity index (χ3v) is 2.36. The van der Waals surface area contributed by atoms with Crippen LogP contribution in [0.25, 0.3) is 0 Å². The van der Waals surface area contributed by atoms with Gasteiger partial charge in [0.2, 0.25) is 0 Å². The fourth-order valence-corrected chi connectivity index (χ4v) is 1.46. The zero-order valence-corrected chi connectivity index (χ0v) is 9.34. The Bertz CT molecular complexity index is 454. The molecule has 16 heavy (non-hydrogen) atoms. The normalized spacial score (nSPS) is 9.62. The molecular weight excluding hydrogens is 233 g/mol. The minimum absolute atomic E-state index is 0.000772. The number of nitriles is 1. The van der Waals surface area contributed by atoms with Crippen molar-refractivity contribution >= 4 is 17.6 Å². The number of rotatable bonds is 3. The zero-order valence-electron chi connectivity index (χ0n) is 8.59. The predicted octanol–water partition coefficient (Wildman–Crippen LogP) is 2.46. The molecule has 0 heterocycles. The molecule has 0 unspecified atom stereocenters. The second-order valence-corrected chi connectivity index (χ2v) is 3.36. The van der Waals surface area contributed by atoms with Gasteiger partial charge in [-0.05, 0) is 19.1 Å². The molecule has 0 bridgehead atoms. The van der Waals surface area contributed by atoms with Crippen LogP contribution < -0.4 is 0 Å². The van der Waals surface area contributed by atoms with E-state index in [0.717, 1.165) is 6.07 Å². The highest BCUT2D eigenvalue weighted by Crippen LogP contribution is 2.24. The molecule has 3 nitrogen and oxygen atoms in total. The van der Waals surface area contributed by atoms with Gasteiger partial charge in [0.05, 0.1) is 23.6 Å². The van der Waals surface area contributed by atoms with Crippen molar-refractivity contribution in [1.29, 1.82) is 5.26 Å². The number of ether oxygens (including phenoxy) is 1. The second kappa shape index (κ2) is 5.47. The summed E-state index contributed by atoms with van der Waals surface area (Å²) in [5.41, 5.74) is 0.140. The summed E-state index contributed by atoms with van der Waals surface area (Å²) in [6.45, 7) is 1.87. The number of carbonyl (C=O) groups is 1. The van der Waals surface area contributed by atoms with Crippen molar-refractivity contribution in [3.05, 3.63) is 34.1 Å². The van der Waals surface area contributed by atoms with E-state index in [1.807, 2.05) is 6.07 Å². The molecule has 84 valence electrons. The molecule has 5 heteroatoms. The van der Waals surface area contributed by atoms with E-state index in [-0.39, 0.29) is 29.2 Å². The van der Waals surface area contributed by atoms with Gasteiger partial charge in [-0.1, -0.05) is 11.6 Å². The van der Waals surface area contributed by atoms with Crippen molar-refractivity contribution in [2.45, 2.75) is 13.3 Å². The smallest absolute Gasteiger partial charge is 0.310 e. The maximum Gasteiger partial charge on any atom is 0.310 e. The summed E-state index contributed by atoms with van der Waals surface area (Å²) in [5, 5.41) is 8.67. The Morgan fingerprint density at radius 1 is 1.62 bits per heavy atom. The maximum atomic E-state index is 13.4. The Morgan fingerprint density at radius 2 is 2.31 bits per heavy atom. The lowest BCUT2D eigenvalue weighted by Gasteiger charge is -2.06. The highest BCUT2D eigenvalue weighted by molar-refractivity contribution is 6.32. The molecule has 0 fully saturated rings. The molecule has 0 amide bonds. The van der Waals surface area contributed by atoms with Crippen LogP contribution >= 0.6 is 11.6 Å². The third-order valence-electron chi connectivity index (χ3n) is 1.93. The van der Waals surface area contributed by atoms with Crippen molar-refractivity contribution in [2.24, 2.45) is 0 Å². The van der Waals surface area contributed by atoms with Crippen LogP contribution in [0.2, 0.25) is 5.02 Å². The van der Waals surface area contributed by atoms with Crippen LogP contribution in [-0.2, 0) is 16.0 Å². The largest absolute Gasteiger partial charge is 0.466 e. The Morgan fingerprint density at radius 3 is 2.88 bits per heavy atom. The average Bonchev–Trinajstić information content (AvgIpc) is 2.25. The first-order valence-electron chi connectivity index (χ1n) is 4.62. The van der Waals surface area contributed by atoms with Gasteiger partial charge in [-0.25, -0.2) is 4.39 Å². The Kier molecular flexibility index (Phi) is 4.27. The van der Waals surface area contributed by atoms with E-state index < -0.39 is 11.8 Å². The number of nitrogens with zero attached hydrogens (tertiary/aromatic N) is 1. The Balaban J connectivity index is 3.04. The minimum atomic E-state index is -0.614. The van der Waals surface area contributed by atoms with Crippen molar-refractivity contribution < 1.29 is 13.9 Å². The van der Waals surface area contributed by atoms with Gasteiger partial charge in [-0.2, -0.15) is 5.26 Å². The standard InChI is InChI=1S/C11H9ClFNO2/c1-2-16-10(15)5-8-9(13)4-3-7(6-14)11(8)12/h3-4H,2,5H2,1H3. The SMILES string of the molecule is CCOC(=O)Cc1c(F)ccc(C#N)c1Cl. The molecule has 1 aromatic rings. The van der Waals surface area contributed by atoms with Gasteiger partial charge in [0.1, 0.15) is 11.9 Å². The molecule has 0 aliphatic rings. The van der Waals surface area contributed by atoms with Crippen molar-refractivity contribution in [3.63, 3.8) is 0 Å². The Labute approximate surface area is 97.4 Å². The molecule has 0 saturated carbocycles. The number of carbonyl (C=O) groups excluding carboxylic acids is 1. The van der Waals surface area contributed by atoms with Gasteiger partial charge < -0.3 is 4.74 Å². The quantitative estimate of drug-likeness (QED) is 0.764. The highest BCUT2D eigenvalue weighted by atomic mass is 35.5. The van der Waals surface area contributed by atoms with Crippen molar-refractivity contribution in [3.8, 4) is 6.07 Å². The molecule has 0 aliphatic carbocycles. The van der Waals surface area contributed by atoms with E-state index in [2.05, 4.69) is 4.74 Å². The molecule has 0 radical (unpaired) electrons. The summed E-state index contributed by atoms with van der Waals surface area (Å²) < 4.78 is 18.0. The number of esters is 1. The highest BCUT2D eigenvalue weighted by Gasteiger charge is 2.15. The molecule has 0 saturated heterocycles. The first kappa shape index (κ1) is 12.5. The van der Waals surface area contributed by atoms with Gasteiger partial charge in [0.15, 0.2) is 0 Å². The zero-order chi connectivity index (χ0) is 12.1. The first-order chi connectivity index (χ1) is 7.60. The summed E-state index contributed by atoms with van der Waals surface area (Å²) in [7, 11) is 0. The van der Waals surface area contributed by atoms with Crippen LogP contribution in [0.5, 0.6) is 0 Å². The number of hydrogen-bond donors (Lipinski definition) is 0. The van der Waals surface area contributed by atoms with E-state index >= 15 is 0 Å². The van der Waals surface area contributed by atoms with Crippen LogP contribution in [-0.4, -0.2) is 12.6 Å². The molecule has 0 aliphatic heterocycles. The second-order valence-electron chi connectivity index (χ2n) is 2.98. The molecule has 0 aromatic heterocycles. The van der Waals surface area contributed by atoms with Gasteiger partial charge in [-0.3, -0.25) is 4.79 Å². The van der Waals surface area contributed by atoms with Crippen LogP contribution in [0.3, 0.4) is 0 Å². The van der Waals surface area contributed by atoms with Crippen LogP contribution in [0.15, 0.2) is 12.1 Å². The summed E-state index contributed by atoms with van der Waals surface area (Å²) in [6, 6.07) is 4.20. The van der Waals surface area contributed by atoms with Gasteiger partial charge in [0, 0.05) is 5.56 Å². The van der Waals surface area contributed by atoms with Crippen LogP contribution in [0.1, 0.15) is 18.1 Å². The summed E-state index contributed by atoms with van der Waals surface area (Å²) >= 11 is 5.79. The van der Waals surface area contributed by atoms with Crippen molar-refractivity contribution in [2.75, 3.05) is 6.61 Å². The van der Waals surface area contributed by atoms with Crippen LogP contribution in [0, 0.1) is 17.1 Å². The molecule has 1 aromatic carbocycles. The number of hydrogen-bond acceptors (Lipinski definition) is 3. The van der Waals surface area contributed by atoms with E-state index in [1.54, 1.807) is 6.92 Å². The fraction of sp³-hybridized carbons (Fsp3) is 0.273. The van der Waals surface area contributed by atoms with Crippen LogP contribution in [0.4, 0.5) is 4.39 Å². The number of halogens is 2. The summed E-state index contributed by atoms with van der Waals surface area (Å²) in [4.78, 5) is 11.2. The summed E-state index contributed by atoms with van der Waals surface area (Å²) in [6.07, 6.45) is -0.270. The van der Waals surface area contributed by atoms with E-state index in [1.165, 1.54) is 6.07 Å². The molecule has 0 atom stereocenters. The fourth-order valence-electron chi connectivity index (χ4n) is 1.20. The van der Waals surface area contributed by atoms with E-state index in [9.17, 15) is 9.18 Å². The summed E-state index contributed by atoms with van der Waals surface area (Å²) in [5.74, 6) is -1.18. The predicted molar refractivity (Wildman–Crippen MR) is 56.5 cm³/mol. The van der Waals surface area contributed by atoms with Gasteiger partial charge in [0.25, 0.3) is 0 Å². The third kappa shape index (κ3) is 2.71. The van der Waals surface area contributed by atoms with Crippen molar-refractivity contribution in [1.82, 2.24) is 0 Å². The van der Waals surface area contributed by atoms with E-state index in [0.29, 0.717) is 0 Å². The molecule has 0 spiro atoms. The lowest BCUT2D eigenvalue weighted by molar-refractivity contribution is -0.142. The van der Waals surface area contributed by atoms with Gasteiger partial charge in [-0.15, -0.1) is 0 Å². The molecular formula is C11H9ClFNO2. The molecule has 1 rings (SSSR count). The van der Waals surface area contributed by atoms with E-state index in [4.69, 9.17) is 16.9 Å². The van der Waals surface area contributed by atoms with Gasteiger partial charge >= 0.3 is 5.97 Å². The maximum absolute atomic E-state index is 13.4. The lowest BCUT2D eigenvalue weighted by atomic mass is 10.1. The molecule has 0 N–H and O–H groups in total. The number of benzene rings is 1. The Hall–Kier alpha value is -1.60. The topological polar surface area (TPSA) is 50.1 Å². The first-order valence-corrected chi connectivity index (χ1v) is 5.00. The lowest BCUT2D eigenvalue weighted by Crippen LogP contribution is -2.09. The minimum Gasteiger partial charge on any atom is -0.466 e. The average molecular weight is 242 g/mol. The monoisotopic (exact) mass is 241 g/mol.